The quantitative estimate of drug-likeness (QED) is 0.387. The first-order valence-electron chi connectivity index (χ1n) is 8.13. The first kappa shape index (κ1) is 20.3. The number of ether oxygens (including phenoxy) is 2. The molecule has 0 bridgehead atoms. The van der Waals surface area contributed by atoms with Gasteiger partial charge in [-0.1, -0.05) is 32.6 Å². The van der Waals surface area contributed by atoms with Crippen LogP contribution < -0.4 is 20.1 Å². The van der Waals surface area contributed by atoms with Crippen molar-refractivity contribution in [2.24, 2.45) is 5.92 Å². The zero-order chi connectivity index (χ0) is 18.7. The van der Waals surface area contributed by atoms with E-state index >= 15 is 0 Å². The summed E-state index contributed by atoms with van der Waals surface area (Å²) in [7, 11) is 1.56. The smallest absolute Gasteiger partial charge is 0.244 e. The van der Waals surface area contributed by atoms with Gasteiger partial charge in [0.05, 0.1) is 7.11 Å². The maximum absolute atomic E-state index is 11.8. The van der Waals surface area contributed by atoms with E-state index in [0.29, 0.717) is 31.2 Å². The number of methoxy groups -OCH3 is 1. The maximum atomic E-state index is 11.8. The fraction of sp³-hybridized carbons (Fsp3) is 0.368. The van der Waals surface area contributed by atoms with E-state index in [4.69, 9.17) is 9.47 Å². The Balaban J connectivity index is 2.50. The van der Waals surface area contributed by atoms with Crippen molar-refractivity contribution in [1.82, 2.24) is 10.6 Å². The molecule has 1 aromatic carbocycles. The van der Waals surface area contributed by atoms with Gasteiger partial charge in [0.2, 0.25) is 11.8 Å². The molecule has 25 heavy (non-hydrogen) atoms. The second-order valence-corrected chi connectivity index (χ2v) is 5.58. The third-order valence-corrected chi connectivity index (χ3v) is 3.22. The van der Waals surface area contributed by atoms with E-state index in [1.165, 1.54) is 6.08 Å². The lowest BCUT2D eigenvalue weighted by molar-refractivity contribution is -0.124. The zero-order valence-corrected chi connectivity index (χ0v) is 15.0. The number of hydrogen-bond donors (Lipinski definition) is 2. The third-order valence-electron chi connectivity index (χ3n) is 3.22. The number of carbonyl (C=O) groups excluding carboxylic acids is 2. The summed E-state index contributed by atoms with van der Waals surface area (Å²) in [5.41, 5.74) is 0.811. The molecular formula is C19H26N2O4. The second-order valence-electron chi connectivity index (χ2n) is 5.58. The van der Waals surface area contributed by atoms with Gasteiger partial charge in [-0.05, 0) is 23.8 Å². The number of nitrogens with one attached hydrogen (secondary N) is 2. The molecule has 0 unspecified atom stereocenters. The molecule has 0 radical (unpaired) electrons. The summed E-state index contributed by atoms with van der Waals surface area (Å²) in [6, 6.07) is 5.39. The largest absolute Gasteiger partial charge is 0.493 e. The monoisotopic (exact) mass is 346 g/mol. The number of benzene rings is 1. The predicted octanol–water partition coefficient (Wildman–Crippen LogP) is 2.16. The summed E-state index contributed by atoms with van der Waals surface area (Å²) in [5.74, 6) is 0.870. The number of hydrogen-bond acceptors (Lipinski definition) is 4. The topological polar surface area (TPSA) is 76.7 Å². The van der Waals surface area contributed by atoms with Crippen molar-refractivity contribution in [3.63, 3.8) is 0 Å². The molecule has 0 heterocycles. The van der Waals surface area contributed by atoms with Gasteiger partial charge in [-0.3, -0.25) is 9.59 Å². The molecule has 0 saturated heterocycles. The lowest BCUT2D eigenvalue weighted by Gasteiger charge is -2.09. The van der Waals surface area contributed by atoms with Gasteiger partial charge < -0.3 is 20.1 Å². The first-order chi connectivity index (χ1) is 12.0. The molecule has 0 aliphatic rings. The molecule has 0 atom stereocenters. The molecule has 0 aliphatic heterocycles. The van der Waals surface area contributed by atoms with Gasteiger partial charge in [-0.15, -0.1) is 0 Å². The fourth-order valence-corrected chi connectivity index (χ4v) is 1.86. The summed E-state index contributed by atoms with van der Waals surface area (Å²) in [6.07, 6.45) is 4.77. The molecule has 1 aromatic rings. The Morgan fingerprint density at radius 3 is 2.56 bits per heavy atom. The molecule has 0 fully saturated rings. The van der Waals surface area contributed by atoms with Crippen LogP contribution in [0.3, 0.4) is 0 Å². The highest BCUT2D eigenvalue weighted by Crippen LogP contribution is 2.28. The maximum Gasteiger partial charge on any atom is 0.244 e. The Labute approximate surface area is 148 Å². The van der Waals surface area contributed by atoms with Gasteiger partial charge >= 0.3 is 0 Å². The van der Waals surface area contributed by atoms with E-state index < -0.39 is 0 Å². The Bertz CT molecular complexity index is 624. The lowest BCUT2D eigenvalue weighted by Crippen LogP contribution is -2.35. The molecule has 1 rings (SSSR count). The number of rotatable bonds is 10. The molecule has 2 amide bonds. The molecule has 136 valence electrons. The van der Waals surface area contributed by atoms with Crippen LogP contribution in [0.15, 0.2) is 36.9 Å². The molecule has 6 nitrogen and oxygen atoms in total. The van der Waals surface area contributed by atoms with Crippen LogP contribution in [-0.4, -0.2) is 38.6 Å². The van der Waals surface area contributed by atoms with E-state index in [9.17, 15) is 9.59 Å². The summed E-state index contributed by atoms with van der Waals surface area (Å²) in [5, 5.41) is 5.44. The normalized spacial score (nSPS) is 10.6. The van der Waals surface area contributed by atoms with Crippen LogP contribution in [-0.2, 0) is 9.59 Å². The summed E-state index contributed by atoms with van der Waals surface area (Å²) >= 11 is 0. The minimum absolute atomic E-state index is 0.0318. The van der Waals surface area contributed by atoms with Crippen LogP contribution in [0.25, 0.3) is 6.08 Å². The van der Waals surface area contributed by atoms with Gasteiger partial charge in [0, 0.05) is 25.1 Å². The lowest BCUT2D eigenvalue weighted by atomic mass is 10.2. The van der Waals surface area contributed by atoms with E-state index in [1.54, 1.807) is 31.4 Å². The third kappa shape index (κ3) is 7.56. The van der Waals surface area contributed by atoms with Crippen LogP contribution in [0, 0.1) is 5.92 Å². The predicted molar refractivity (Wildman–Crippen MR) is 98.6 cm³/mol. The average molecular weight is 346 g/mol. The van der Waals surface area contributed by atoms with Crippen molar-refractivity contribution in [1.29, 1.82) is 0 Å². The SMILES string of the molecule is C=CCOc1ccc(C=CC(=O)NCCNC(=O)C(C)C)cc1OC. The van der Waals surface area contributed by atoms with Crippen LogP contribution >= 0.6 is 0 Å². The van der Waals surface area contributed by atoms with Gasteiger partial charge in [-0.2, -0.15) is 0 Å². The Kier molecular flexibility index (Phi) is 8.85. The van der Waals surface area contributed by atoms with Crippen molar-refractivity contribution >= 4 is 17.9 Å². The number of amides is 2. The van der Waals surface area contributed by atoms with Crippen molar-refractivity contribution in [3.8, 4) is 11.5 Å². The molecule has 2 N–H and O–H groups in total. The van der Waals surface area contributed by atoms with Crippen LogP contribution in [0.5, 0.6) is 11.5 Å². The van der Waals surface area contributed by atoms with Crippen LogP contribution in [0.4, 0.5) is 0 Å². The van der Waals surface area contributed by atoms with Crippen LogP contribution in [0.2, 0.25) is 0 Å². The number of carbonyl (C=O) groups is 2. The summed E-state index contributed by atoms with van der Waals surface area (Å²) < 4.78 is 10.8. The second kappa shape index (κ2) is 10.9. The molecule has 0 spiro atoms. The van der Waals surface area contributed by atoms with Crippen molar-refractivity contribution < 1.29 is 19.1 Å². The van der Waals surface area contributed by atoms with Gasteiger partial charge in [0.25, 0.3) is 0 Å². The molecular weight excluding hydrogens is 320 g/mol. The Morgan fingerprint density at radius 1 is 1.20 bits per heavy atom. The van der Waals surface area contributed by atoms with Gasteiger partial charge in [0.1, 0.15) is 6.61 Å². The van der Waals surface area contributed by atoms with Crippen LogP contribution in [0.1, 0.15) is 19.4 Å². The van der Waals surface area contributed by atoms with E-state index in [1.807, 2.05) is 19.9 Å². The molecule has 0 aliphatic carbocycles. The summed E-state index contributed by atoms with van der Waals surface area (Å²) in [6.45, 7) is 8.40. The van der Waals surface area contributed by atoms with E-state index in [-0.39, 0.29) is 17.7 Å². The highest BCUT2D eigenvalue weighted by molar-refractivity contribution is 5.91. The van der Waals surface area contributed by atoms with Gasteiger partial charge in [0.15, 0.2) is 11.5 Å². The van der Waals surface area contributed by atoms with Crippen molar-refractivity contribution in [2.75, 3.05) is 26.8 Å². The molecule has 6 heteroatoms. The molecule has 0 saturated carbocycles. The minimum atomic E-state index is -0.232. The van der Waals surface area contributed by atoms with Gasteiger partial charge in [-0.25, -0.2) is 0 Å². The highest BCUT2D eigenvalue weighted by Gasteiger charge is 2.06. The Hall–Kier alpha value is -2.76. The van der Waals surface area contributed by atoms with E-state index in [0.717, 1.165) is 5.56 Å². The zero-order valence-electron chi connectivity index (χ0n) is 15.0. The minimum Gasteiger partial charge on any atom is -0.493 e. The summed E-state index contributed by atoms with van der Waals surface area (Å²) in [4.78, 5) is 23.2. The first-order valence-corrected chi connectivity index (χ1v) is 8.13. The molecule has 0 aromatic heterocycles. The van der Waals surface area contributed by atoms with E-state index in [2.05, 4.69) is 17.2 Å². The highest BCUT2D eigenvalue weighted by atomic mass is 16.5. The average Bonchev–Trinajstić information content (AvgIpc) is 2.61. The Morgan fingerprint density at radius 2 is 1.92 bits per heavy atom. The fourth-order valence-electron chi connectivity index (χ4n) is 1.86. The van der Waals surface area contributed by atoms with Crippen molar-refractivity contribution in [3.05, 3.63) is 42.5 Å². The standard InChI is InChI=1S/C19H26N2O4/c1-5-12-25-16-8-6-15(13-17(16)24-4)7-9-18(22)20-10-11-21-19(23)14(2)3/h5-9,13-14H,1,10-12H2,2-4H3,(H,20,22)(H,21,23). The van der Waals surface area contributed by atoms with Crippen molar-refractivity contribution in [2.45, 2.75) is 13.8 Å².